The van der Waals surface area contributed by atoms with Crippen LogP contribution in [0.15, 0.2) is 23.4 Å². The Kier molecular flexibility index (Phi) is 5.75. The van der Waals surface area contributed by atoms with Crippen molar-refractivity contribution in [1.82, 2.24) is 9.71 Å². The van der Waals surface area contributed by atoms with Crippen molar-refractivity contribution in [3.8, 4) is 0 Å². The van der Waals surface area contributed by atoms with Crippen LogP contribution in [0.25, 0.3) is 0 Å². The van der Waals surface area contributed by atoms with Gasteiger partial charge in [-0.3, -0.25) is 0 Å². The Morgan fingerprint density at radius 3 is 2.58 bits per heavy atom. The maximum Gasteiger partial charge on any atom is 0.260 e. The zero-order valence-corrected chi connectivity index (χ0v) is 12.6. The average Bonchev–Trinajstić information content (AvgIpc) is 2.27. The highest BCUT2D eigenvalue weighted by Crippen LogP contribution is 2.15. The highest BCUT2D eigenvalue weighted by Gasteiger charge is 2.21. The van der Waals surface area contributed by atoms with E-state index in [0.717, 1.165) is 19.3 Å². The van der Waals surface area contributed by atoms with E-state index < -0.39 is 10.0 Å². The molecule has 0 amide bonds. The summed E-state index contributed by atoms with van der Waals surface area (Å²) in [6, 6.07) is 3.02. The van der Waals surface area contributed by atoms with Gasteiger partial charge in [0.1, 0.15) is 0 Å². The van der Waals surface area contributed by atoms with E-state index in [4.69, 9.17) is 5.73 Å². The van der Waals surface area contributed by atoms with Crippen LogP contribution in [0.5, 0.6) is 0 Å². The van der Waals surface area contributed by atoms with Gasteiger partial charge in [-0.25, -0.2) is 18.1 Å². The first-order chi connectivity index (χ1) is 8.83. The van der Waals surface area contributed by atoms with Gasteiger partial charge >= 0.3 is 0 Å². The number of nitrogens with zero attached hydrogens (tertiary/aromatic N) is 1. The van der Waals surface area contributed by atoms with E-state index in [0.29, 0.717) is 5.92 Å². The minimum absolute atomic E-state index is 0.0919. The number of aromatic nitrogens is 1. The maximum atomic E-state index is 12.1. The number of pyridine rings is 1. The Morgan fingerprint density at radius 1 is 1.32 bits per heavy atom. The number of hydrogen-bond acceptors (Lipinski definition) is 4. The smallest absolute Gasteiger partial charge is 0.260 e. The molecule has 1 rings (SSSR count). The summed E-state index contributed by atoms with van der Waals surface area (Å²) in [5.74, 6) is 0.634. The van der Waals surface area contributed by atoms with Gasteiger partial charge in [0, 0.05) is 12.2 Å². The van der Waals surface area contributed by atoms with Gasteiger partial charge in [0.25, 0.3) is 10.0 Å². The lowest BCUT2D eigenvalue weighted by Gasteiger charge is -2.15. The van der Waals surface area contributed by atoms with Gasteiger partial charge in [0.15, 0.2) is 5.03 Å². The lowest BCUT2D eigenvalue weighted by atomic mass is 10.0. The molecule has 0 aliphatic carbocycles. The van der Waals surface area contributed by atoms with Crippen LogP contribution in [-0.4, -0.2) is 19.4 Å². The van der Waals surface area contributed by atoms with Crippen LogP contribution >= 0.6 is 0 Å². The summed E-state index contributed by atoms with van der Waals surface area (Å²) >= 11 is 0. The molecule has 1 atom stereocenters. The molecule has 0 spiro atoms. The zero-order chi connectivity index (χ0) is 14.5. The summed E-state index contributed by atoms with van der Waals surface area (Å²) < 4.78 is 26.8. The van der Waals surface area contributed by atoms with E-state index >= 15 is 0 Å². The molecule has 6 heteroatoms. The van der Waals surface area contributed by atoms with Gasteiger partial charge in [-0.1, -0.05) is 26.7 Å². The van der Waals surface area contributed by atoms with Gasteiger partial charge in [-0.05, 0) is 31.4 Å². The third-order valence-electron chi connectivity index (χ3n) is 2.83. The maximum absolute atomic E-state index is 12.1. The van der Waals surface area contributed by atoms with Crippen molar-refractivity contribution in [2.24, 2.45) is 5.92 Å². The van der Waals surface area contributed by atoms with Crippen LogP contribution in [0.4, 0.5) is 5.69 Å². The number of nitrogens with one attached hydrogen (secondary N) is 1. The molecule has 0 bridgehead atoms. The molecular weight excluding hydrogens is 262 g/mol. The number of sulfonamides is 1. The molecule has 0 saturated heterocycles. The monoisotopic (exact) mass is 285 g/mol. The fourth-order valence-corrected chi connectivity index (χ4v) is 3.18. The average molecular weight is 285 g/mol. The fraction of sp³-hybridized carbons (Fsp3) is 0.615. The molecule has 0 aliphatic heterocycles. The van der Waals surface area contributed by atoms with Gasteiger partial charge in [0.2, 0.25) is 0 Å². The lowest BCUT2D eigenvalue weighted by Crippen LogP contribution is -2.33. The first kappa shape index (κ1) is 15.9. The third kappa shape index (κ3) is 5.16. The molecule has 19 heavy (non-hydrogen) atoms. The van der Waals surface area contributed by atoms with Crippen molar-refractivity contribution in [1.29, 1.82) is 0 Å². The van der Waals surface area contributed by atoms with Gasteiger partial charge in [-0.15, -0.1) is 0 Å². The Balaban J connectivity index is 2.63. The molecule has 0 aromatic carbocycles. The lowest BCUT2D eigenvalue weighted by molar-refractivity contribution is 0.487. The first-order valence-corrected chi connectivity index (χ1v) is 8.04. The Labute approximate surface area is 115 Å². The molecule has 0 radical (unpaired) electrons. The van der Waals surface area contributed by atoms with E-state index in [9.17, 15) is 8.42 Å². The van der Waals surface area contributed by atoms with Gasteiger partial charge in [-0.2, -0.15) is 0 Å². The standard InChI is InChI=1S/C13H23N3O2S/c1-10(2)6-4-7-11(3)16-19(17,18)13-12(14)8-5-9-15-13/h5,8-11,16H,4,6-7,14H2,1-3H3. The number of anilines is 1. The second-order valence-electron chi connectivity index (χ2n) is 5.24. The molecular formula is C13H23N3O2S. The molecule has 0 saturated carbocycles. The summed E-state index contributed by atoms with van der Waals surface area (Å²) in [6.45, 7) is 6.17. The number of rotatable bonds is 7. The van der Waals surface area contributed by atoms with Crippen molar-refractivity contribution in [3.05, 3.63) is 18.3 Å². The van der Waals surface area contributed by atoms with E-state index in [1.807, 2.05) is 6.92 Å². The molecule has 1 aromatic heterocycles. The Bertz CT molecular complexity index is 500. The number of nitrogens with two attached hydrogens (primary N) is 1. The minimum Gasteiger partial charge on any atom is -0.396 e. The van der Waals surface area contributed by atoms with E-state index in [1.165, 1.54) is 12.3 Å². The predicted octanol–water partition coefficient (Wildman–Crippen LogP) is 2.16. The second kappa shape index (κ2) is 6.86. The highest BCUT2D eigenvalue weighted by atomic mass is 32.2. The summed E-state index contributed by atoms with van der Waals surface area (Å²) in [5, 5.41) is -0.0919. The Morgan fingerprint density at radius 2 is 2.00 bits per heavy atom. The van der Waals surface area contributed by atoms with Crippen LogP contribution in [0.3, 0.4) is 0 Å². The summed E-state index contributed by atoms with van der Waals surface area (Å²) in [7, 11) is -3.63. The molecule has 1 aromatic rings. The van der Waals surface area contributed by atoms with Gasteiger partial charge in [0.05, 0.1) is 5.69 Å². The molecule has 1 unspecified atom stereocenters. The van der Waals surface area contributed by atoms with E-state index in [-0.39, 0.29) is 16.8 Å². The second-order valence-corrected chi connectivity index (χ2v) is 6.87. The van der Waals surface area contributed by atoms with E-state index in [2.05, 4.69) is 23.6 Å². The van der Waals surface area contributed by atoms with Crippen LogP contribution in [0.1, 0.15) is 40.0 Å². The Hall–Kier alpha value is -1.14. The van der Waals surface area contributed by atoms with Crippen LogP contribution in [0.2, 0.25) is 0 Å². The molecule has 5 nitrogen and oxygen atoms in total. The summed E-state index contributed by atoms with van der Waals surface area (Å²) in [5.41, 5.74) is 5.81. The van der Waals surface area contributed by atoms with Crippen LogP contribution in [-0.2, 0) is 10.0 Å². The zero-order valence-electron chi connectivity index (χ0n) is 11.8. The van der Waals surface area contributed by atoms with E-state index in [1.54, 1.807) is 6.07 Å². The molecule has 108 valence electrons. The third-order valence-corrected chi connectivity index (χ3v) is 4.39. The van der Waals surface area contributed by atoms with Crippen molar-refractivity contribution < 1.29 is 8.42 Å². The molecule has 1 heterocycles. The van der Waals surface area contributed by atoms with Crippen LogP contribution in [0, 0.1) is 5.92 Å². The van der Waals surface area contributed by atoms with Crippen molar-refractivity contribution in [2.45, 2.75) is 51.1 Å². The minimum atomic E-state index is -3.63. The molecule has 0 fully saturated rings. The quantitative estimate of drug-likeness (QED) is 0.804. The van der Waals surface area contributed by atoms with Crippen molar-refractivity contribution >= 4 is 15.7 Å². The SMILES string of the molecule is CC(C)CCCC(C)NS(=O)(=O)c1ncccc1N. The number of hydrogen-bond donors (Lipinski definition) is 2. The van der Waals surface area contributed by atoms with Crippen molar-refractivity contribution in [3.63, 3.8) is 0 Å². The topological polar surface area (TPSA) is 85.1 Å². The van der Waals surface area contributed by atoms with Crippen molar-refractivity contribution in [2.75, 3.05) is 5.73 Å². The predicted molar refractivity (Wildman–Crippen MR) is 77.1 cm³/mol. The number of nitrogen functional groups attached to an aromatic ring is 1. The summed E-state index contributed by atoms with van der Waals surface area (Å²) in [4.78, 5) is 3.84. The first-order valence-electron chi connectivity index (χ1n) is 6.55. The molecule has 3 N–H and O–H groups in total. The summed E-state index contributed by atoms with van der Waals surface area (Å²) in [6.07, 6.45) is 4.33. The van der Waals surface area contributed by atoms with Gasteiger partial charge < -0.3 is 5.73 Å². The largest absolute Gasteiger partial charge is 0.396 e. The highest BCUT2D eigenvalue weighted by molar-refractivity contribution is 7.89. The van der Waals surface area contributed by atoms with Crippen LogP contribution < -0.4 is 10.5 Å². The normalized spacial score (nSPS) is 13.7. The molecule has 0 aliphatic rings. The fourth-order valence-electron chi connectivity index (χ4n) is 1.84.